The van der Waals surface area contributed by atoms with Crippen LogP contribution in [-0.4, -0.2) is 16.1 Å². The van der Waals surface area contributed by atoms with Crippen LogP contribution in [0.5, 0.6) is 0 Å². The molecular weight excluding hydrogens is 343 g/mol. The molecule has 0 saturated heterocycles. The second-order valence-electron chi connectivity index (χ2n) is 5.10. The summed E-state index contributed by atoms with van der Waals surface area (Å²) in [7, 11) is 0. The van der Waals surface area contributed by atoms with Crippen LogP contribution in [0.4, 0.5) is 13.2 Å². The number of rotatable bonds is 2. The van der Waals surface area contributed by atoms with Gasteiger partial charge in [0.1, 0.15) is 0 Å². The van der Waals surface area contributed by atoms with Gasteiger partial charge in [-0.1, -0.05) is 23.7 Å². The van der Waals surface area contributed by atoms with Crippen LogP contribution in [0.1, 0.15) is 15.9 Å². The second kappa shape index (κ2) is 5.79. The maximum Gasteiger partial charge on any atom is 0.416 e. The normalized spacial score (nSPS) is 11.7. The predicted octanol–water partition coefficient (Wildman–Crippen LogP) is 5.27. The molecule has 0 aliphatic carbocycles. The summed E-state index contributed by atoms with van der Waals surface area (Å²) in [6.45, 7) is 0. The molecule has 2 aromatic carbocycles. The van der Waals surface area contributed by atoms with E-state index in [0.717, 1.165) is 12.1 Å². The van der Waals surface area contributed by atoms with E-state index in [1.807, 2.05) is 0 Å². The lowest BCUT2D eigenvalue weighted by Gasteiger charge is -2.11. The number of carboxylic acid groups (broad SMARTS) is 1. The number of carboxylic acids is 1. The molecule has 1 aromatic heterocycles. The quantitative estimate of drug-likeness (QED) is 0.684. The number of halogens is 4. The van der Waals surface area contributed by atoms with Crippen molar-refractivity contribution in [3.8, 4) is 11.3 Å². The van der Waals surface area contributed by atoms with E-state index >= 15 is 0 Å². The first-order valence-corrected chi connectivity index (χ1v) is 7.15. The summed E-state index contributed by atoms with van der Waals surface area (Å²) >= 11 is 5.92. The third-order valence-electron chi connectivity index (χ3n) is 3.49. The van der Waals surface area contributed by atoms with E-state index in [1.54, 1.807) is 24.3 Å². The monoisotopic (exact) mass is 351 g/mol. The van der Waals surface area contributed by atoms with Crippen LogP contribution >= 0.6 is 11.6 Å². The molecule has 0 atom stereocenters. The standard InChI is InChI=1S/C17H9ClF3NO2/c18-11-3-1-2-9(6-11)15-8-13(16(23)24)12-7-10(17(19,20)21)4-5-14(12)22-15/h1-8H,(H,23,24). The van der Waals surface area contributed by atoms with Crippen LogP contribution < -0.4 is 0 Å². The first-order valence-electron chi connectivity index (χ1n) is 6.77. The summed E-state index contributed by atoms with van der Waals surface area (Å²) in [5.74, 6) is -1.33. The number of carbonyl (C=O) groups is 1. The summed E-state index contributed by atoms with van der Waals surface area (Å²) in [6, 6.07) is 10.7. The van der Waals surface area contributed by atoms with Crippen molar-refractivity contribution >= 4 is 28.5 Å². The van der Waals surface area contributed by atoms with Crippen molar-refractivity contribution in [3.05, 3.63) is 64.7 Å². The van der Waals surface area contributed by atoms with E-state index in [4.69, 9.17) is 11.6 Å². The van der Waals surface area contributed by atoms with Gasteiger partial charge in [0.15, 0.2) is 0 Å². The van der Waals surface area contributed by atoms with Gasteiger partial charge in [0.2, 0.25) is 0 Å². The van der Waals surface area contributed by atoms with Crippen molar-refractivity contribution in [3.63, 3.8) is 0 Å². The Hall–Kier alpha value is -2.60. The predicted molar refractivity (Wildman–Crippen MR) is 84.2 cm³/mol. The van der Waals surface area contributed by atoms with Crippen molar-refractivity contribution in [2.75, 3.05) is 0 Å². The molecule has 1 N–H and O–H groups in total. The molecule has 0 aliphatic heterocycles. The topological polar surface area (TPSA) is 50.2 Å². The van der Waals surface area contributed by atoms with Crippen LogP contribution in [0.2, 0.25) is 5.02 Å². The zero-order valence-corrected chi connectivity index (χ0v) is 12.7. The first-order chi connectivity index (χ1) is 11.3. The zero-order chi connectivity index (χ0) is 17.5. The zero-order valence-electron chi connectivity index (χ0n) is 11.9. The molecule has 0 radical (unpaired) electrons. The molecule has 3 rings (SSSR count). The Labute approximate surface area is 139 Å². The fraction of sp³-hybridized carbons (Fsp3) is 0.0588. The Bertz CT molecular complexity index is 954. The van der Waals surface area contributed by atoms with E-state index in [9.17, 15) is 23.1 Å². The molecule has 3 aromatic rings. The molecule has 3 nitrogen and oxygen atoms in total. The van der Waals surface area contributed by atoms with Gasteiger partial charge in [-0.3, -0.25) is 0 Å². The summed E-state index contributed by atoms with van der Waals surface area (Å²) in [6.07, 6.45) is -4.56. The Morgan fingerprint density at radius 1 is 1.08 bits per heavy atom. The summed E-state index contributed by atoms with van der Waals surface area (Å²) < 4.78 is 38.6. The molecular formula is C17H9ClF3NO2. The minimum absolute atomic E-state index is 0.0666. The largest absolute Gasteiger partial charge is 0.478 e. The highest BCUT2D eigenvalue weighted by atomic mass is 35.5. The molecule has 1 heterocycles. The van der Waals surface area contributed by atoms with Crippen LogP contribution in [0, 0.1) is 0 Å². The number of nitrogens with zero attached hydrogens (tertiary/aromatic N) is 1. The molecule has 0 bridgehead atoms. The molecule has 7 heteroatoms. The minimum atomic E-state index is -4.56. The Morgan fingerprint density at radius 2 is 1.83 bits per heavy atom. The number of benzene rings is 2. The lowest BCUT2D eigenvalue weighted by molar-refractivity contribution is -0.137. The maximum atomic E-state index is 12.9. The lowest BCUT2D eigenvalue weighted by Crippen LogP contribution is -2.06. The molecule has 0 spiro atoms. The highest BCUT2D eigenvalue weighted by Gasteiger charge is 2.31. The molecule has 0 saturated carbocycles. The van der Waals surface area contributed by atoms with Crippen LogP contribution in [0.15, 0.2) is 48.5 Å². The van der Waals surface area contributed by atoms with Gasteiger partial charge in [-0.2, -0.15) is 13.2 Å². The minimum Gasteiger partial charge on any atom is -0.478 e. The van der Waals surface area contributed by atoms with E-state index in [1.165, 1.54) is 12.1 Å². The van der Waals surface area contributed by atoms with Crippen molar-refractivity contribution in [2.45, 2.75) is 6.18 Å². The third-order valence-corrected chi connectivity index (χ3v) is 3.72. The number of hydrogen-bond donors (Lipinski definition) is 1. The summed E-state index contributed by atoms with van der Waals surface area (Å²) in [5.41, 5.74) is -0.109. The molecule has 24 heavy (non-hydrogen) atoms. The van der Waals surface area contributed by atoms with Crippen molar-refractivity contribution in [2.24, 2.45) is 0 Å². The van der Waals surface area contributed by atoms with Gasteiger partial charge in [-0.25, -0.2) is 9.78 Å². The van der Waals surface area contributed by atoms with Gasteiger partial charge >= 0.3 is 12.1 Å². The van der Waals surface area contributed by atoms with E-state index in [2.05, 4.69) is 4.98 Å². The van der Waals surface area contributed by atoms with Crippen molar-refractivity contribution < 1.29 is 23.1 Å². The van der Waals surface area contributed by atoms with Gasteiger partial charge in [0.25, 0.3) is 0 Å². The summed E-state index contributed by atoms with van der Waals surface area (Å²) in [4.78, 5) is 15.8. The average Bonchev–Trinajstić information content (AvgIpc) is 2.52. The van der Waals surface area contributed by atoms with Gasteiger partial charge in [0.05, 0.1) is 22.3 Å². The van der Waals surface area contributed by atoms with Crippen LogP contribution in [0.3, 0.4) is 0 Å². The molecule has 0 unspecified atom stereocenters. The van der Waals surface area contributed by atoms with Gasteiger partial charge in [0, 0.05) is 16.0 Å². The SMILES string of the molecule is O=C(O)c1cc(-c2cccc(Cl)c2)nc2ccc(C(F)(F)F)cc12. The van der Waals surface area contributed by atoms with E-state index in [0.29, 0.717) is 16.3 Å². The highest BCUT2D eigenvalue weighted by molar-refractivity contribution is 6.30. The van der Waals surface area contributed by atoms with Gasteiger partial charge < -0.3 is 5.11 Å². The molecule has 0 amide bonds. The highest BCUT2D eigenvalue weighted by Crippen LogP contribution is 2.33. The molecule has 122 valence electrons. The number of fused-ring (bicyclic) bond motifs is 1. The first kappa shape index (κ1) is 16.3. The Balaban J connectivity index is 2.28. The van der Waals surface area contributed by atoms with Crippen LogP contribution in [-0.2, 0) is 6.18 Å². The van der Waals surface area contributed by atoms with E-state index in [-0.39, 0.29) is 16.5 Å². The fourth-order valence-corrected chi connectivity index (χ4v) is 2.57. The Kier molecular flexibility index (Phi) is 3.93. The molecule has 0 aliphatic rings. The van der Waals surface area contributed by atoms with E-state index < -0.39 is 17.7 Å². The number of aromatic nitrogens is 1. The summed E-state index contributed by atoms with van der Waals surface area (Å²) in [5, 5.41) is 9.74. The Morgan fingerprint density at radius 3 is 2.46 bits per heavy atom. The average molecular weight is 352 g/mol. The number of pyridine rings is 1. The van der Waals surface area contributed by atoms with Gasteiger partial charge in [-0.15, -0.1) is 0 Å². The lowest BCUT2D eigenvalue weighted by atomic mass is 10.0. The van der Waals surface area contributed by atoms with Crippen molar-refractivity contribution in [1.29, 1.82) is 0 Å². The molecule has 0 fully saturated rings. The number of hydrogen-bond acceptors (Lipinski definition) is 2. The third kappa shape index (κ3) is 3.05. The smallest absolute Gasteiger partial charge is 0.416 e. The maximum absolute atomic E-state index is 12.9. The van der Waals surface area contributed by atoms with Crippen LogP contribution in [0.25, 0.3) is 22.2 Å². The number of aromatic carboxylic acids is 1. The number of alkyl halides is 3. The van der Waals surface area contributed by atoms with Gasteiger partial charge in [-0.05, 0) is 36.4 Å². The fourth-order valence-electron chi connectivity index (χ4n) is 2.37. The second-order valence-corrected chi connectivity index (χ2v) is 5.54. The van der Waals surface area contributed by atoms with Crippen molar-refractivity contribution in [1.82, 2.24) is 4.98 Å².